The second-order valence-electron chi connectivity index (χ2n) is 8.15. The van der Waals surface area contributed by atoms with Crippen LogP contribution in [0.3, 0.4) is 0 Å². The van der Waals surface area contributed by atoms with Crippen LogP contribution >= 0.6 is 11.6 Å². The van der Waals surface area contributed by atoms with Crippen molar-refractivity contribution in [1.82, 2.24) is 5.32 Å². The molecule has 0 aliphatic carbocycles. The third-order valence-corrected chi connectivity index (χ3v) is 5.82. The summed E-state index contributed by atoms with van der Waals surface area (Å²) in [6.07, 6.45) is 4.19. The zero-order chi connectivity index (χ0) is 26.9. The molecular formula is C31H22ClFN2O3. The highest BCUT2D eigenvalue weighted by Crippen LogP contribution is 2.19. The predicted molar refractivity (Wildman–Crippen MR) is 148 cm³/mol. The molecular weight excluding hydrogens is 503 g/mol. The van der Waals surface area contributed by atoms with Gasteiger partial charge in [0, 0.05) is 27.4 Å². The van der Waals surface area contributed by atoms with Gasteiger partial charge in [-0.3, -0.25) is 14.4 Å². The number of hydrogen-bond donors (Lipinski definition) is 2. The Labute approximate surface area is 224 Å². The SMILES string of the molecule is O=C(Nc1ccc(C(=O)/C=C/c2ccccc2F)cc1)/C(=C/c1ccccc1Cl)NC(=O)c1ccccc1. The van der Waals surface area contributed by atoms with Crippen molar-refractivity contribution >= 4 is 47.0 Å². The maximum atomic E-state index is 13.8. The predicted octanol–water partition coefficient (Wildman–Crippen LogP) is 6.78. The van der Waals surface area contributed by atoms with Gasteiger partial charge in [0.1, 0.15) is 11.5 Å². The van der Waals surface area contributed by atoms with Crippen molar-refractivity contribution in [2.24, 2.45) is 0 Å². The molecule has 0 heterocycles. The summed E-state index contributed by atoms with van der Waals surface area (Å²) in [5, 5.41) is 5.79. The molecule has 4 aromatic carbocycles. The van der Waals surface area contributed by atoms with E-state index in [1.165, 1.54) is 24.3 Å². The van der Waals surface area contributed by atoms with E-state index in [0.717, 1.165) is 0 Å². The Bertz CT molecular complexity index is 1530. The molecule has 2 amide bonds. The summed E-state index contributed by atoms with van der Waals surface area (Å²) < 4.78 is 13.8. The molecule has 5 nitrogen and oxygen atoms in total. The van der Waals surface area contributed by atoms with E-state index in [4.69, 9.17) is 11.6 Å². The molecule has 2 N–H and O–H groups in total. The number of allylic oxidation sites excluding steroid dienone is 1. The van der Waals surface area contributed by atoms with Crippen LogP contribution in [0.2, 0.25) is 5.02 Å². The Balaban J connectivity index is 1.51. The Morgan fingerprint density at radius 3 is 2.03 bits per heavy atom. The van der Waals surface area contributed by atoms with E-state index >= 15 is 0 Å². The lowest BCUT2D eigenvalue weighted by Gasteiger charge is -2.12. The number of carbonyl (C=O) groups is 3. The maximum absolute atomic E-state index is 13.8. The van der Waals surface area contributed by atoms with Gasteiger partial charge in [0.25, 0.3) is 11.8 Å². The Hall–Kier alpha value is -4.81. The van der Waals surface area contributed by atoms with Gasteiger partial charge >= 0.3 is 0 Å². The number of nitrogens with one attached hydrogen (secondary N) is 2. The van der Waals surface area contributed by atoms with E-state index in [-0.39, 0.29) is 11.5 Å². The van der Waals surface area contributed by atoms with Crippen LogP contribution in [0.5, 0.6) is 0 Å². The molecule has 0 spiro atoms. The number of hydrogen-bond acceptors (Lipinski definition) is 3. The topological polar surface area (TPSA) is 75.3 Å². The van der Waals surface area contributed by atoms with E-state index < -0.39 is 17.6 Å². The van der Waals surface area contributed by atoms with Gasteiger partial charge < -0.3 is 10.6 Å². The van der Waals surface area contributed by atoms with Crippen LogP contribution in [0, 0.1) is 5.82 Å². The normalized spacial score (nSPS) is 11.3. The lowest BCUT2D eigenvalue weighted by Crippen LogP contribution is -2.30. The highest BCUT2D eigenvalue weighted by molar-refractivity contribution is 6.32. The van der Waals surface area contributed by atoms with E-state index in [1.807, 2.05) is 0 Å². The molecule has 4 rings (SSSR count). The second kappa shape index (κ2) is 12.4. The zero-order valence-corrected chi connectivity index (χ0v) is 20.8. The number of halogens is 2. The monoisotopic (exact) mass is 524 g/mol. The first kappa shape index (κ1) is 26.3. The molecule has 0 aliphatic rings. The average molecular weight is 525 g/mol. The third-order valence-electron chi connectivity index (χ3n) is 5.48. The van der Waals surface area contributed by atoms with Gasteiger partial charge in [-0.1, -0.05) is 66.2 Å². The van der Waals surface area contributed by atoms with Gasteiger partial charge in [0.15, 0.2) is 5.78 Å². The van der Waals surface area contributed by atoms with E-state index in [0.29, 0.717) is 33.0 Å². The molecule has 0 aliphatic heterocycles. The van der Waals surface area contributed by atoms with Gasteiger partial charge in [-0.05, 0) is 72.3 Å². The van der Waals surface area contributed by atoms with Gasteiger partial charge in [-0.15, -0.1) is 0 Å². The second-order valence-corrected chi connectivity index (χ2v) is 8.56. The third kappa shape index (κ3) is 6.90. The summed E-state index contributed by atoms with van der Waals surface area (Å²) in [5.74, 6) is -1.77. The molecule has 0 aromatic heterocycles. The summed E-state index contributed by atoms with van der Waals surface area (Å²) in [7, 11) is 0. The van der Waals surface area contributed by atoms with Crippen molar-refractivity contribution in [3.05, 3.63) is 148 Å². The number of rotatable bonds is 8. The standard InChI is InChI=1S/C31H22ClFN2O3/c32-26-12-6-4-11-24(26)20-28(35-30(37)23-9-2-1-3-10-23)31(38)34-25-17-14-22(15-18-25)29(36)19-16-21-8-5-7-13-27(21)33/h1-20H,(H,34,38)(H,35,37)/b19-16+,28-20-. The van der Waals surface area contributed by atoms with Gasteiger partial charge in [0.2, 0.25) is 0 Å². The summed E-state index contributed by atoms with van der Waals surface area (Å²) in [6.45, 7) is 0. The Kier molecular flexibility index (Phi) is 8.59. The van der Waals surface area contributed by atoms with Crippen LogP contribution in [0.15, 0.2) is 115 Å². The fraction of sp³-hybridized carbons (Fsp3) is 0. The van der Waals surface area contributed by atoms with E-state index in [2.05, 4.69) is 10.6 Å². The lowest BCUT2D eigenvalue weighted by atomic mass is 10.1. The van der Waals surface area contributed by atoms with Crippen LogP contribution in [0.1, 0.15) is 31.8 Å². The molecule has 0 atom stereocenters. The summed E-state index contributed by atoms with van der Waals surface area (Å²) in [6, 6.07) is 27.8. The van der Waals surface area contributed by atoms with Crippen LogP contribution < -0.4 is 10.6 Å². The fourth-order valence-corrected chi connectivity index (χ4v) is 3.67. The largest absolute Gasteiger partial charge is 0.321 e. The van der Waals surface area contributed by atoms with Crippen molar-refractivity contribution < 1.29 is 18.8 Å². The van der Waals surface area contributed by atoms with Gasteiger partial charge in [-0.2, -0.15) is 0 Å². The van der Waals surface area contributed by atoms with Crippen LogP contribution in [-0.2, 0) is 4.79 Å². The van der Waals surface area contributed by atoms with Gasteiger partial charge in [-0.25, -0.2) is 4.39 Å². The molecule has 188 valence electrons. The number of anilines is 1. The van der Waals surface area contributed by atoms with Gasteiger partial charge in [0.05, 0.1) is 0 Å². The zero-order valence-electron chi connectivity index (χ0n) is 20.0. The minimum Gasteiger partial charge on any atom is -0.321 e. The first-order chi connectivity index (χ1) is 18.4. The highest BCUT2D eigenvalue weighted by Gasteiger charge is 2.16. The van der Waals surface area contributed by atoms with Crippen molar-refractivity contribution in [3.8, 4) is 0 Å². The lowest BCUT2D eigenvalue weighted by molar-refractivity contribution is -0.113. The molecule has 0 saturated carbocycles. The fourth-order valence-electron chi connectivity index (χ4n) is 3.48. The molecule has 7 heteroatoms. The number of ketones is 1. The van der Waals surface area contributed by atoms with E-state index in [9.17, 15) is 18.8 Å². The number of amides is 2. The minimum atomic E-state index is -0.576. The molecule has 38 heavy (non-hydrogen) atoms. The molecule has 0 bridgehead atoms. The average Bonchev–Trinajstić information content (AvgIpc) is 2.94. The Morgan fingerprint density at radius 2 is 1.34 bits per heavy atom. The quantitative estimate of drug-likeness (QED) is 0.197. The molecule has 4 aromatic rings. The van der Waals surface area contributed by atoms with Crippen LogP contribution in [0.4, 0.5) is 10.1 Å². The smallest absolute Gasteiger partial charge is 0.272 e. The highest BCUT2D eigenvalue weighted by atomic mass is 35.5. The first-order valence-corrected chi connectivity index (χ1v) is 12.0. The van der Waals surface area contributed by atoms with Crippen LogP contribution in [-0.4, -0.2) is 17.6 Å². The number of carbonyl (C=O) groups excluding carboxylic acids is 3. The molecule has 0 saturated heterocycles. The van der Waals surface area contributed by atoms with Crippen molar-refractivity contribution in [3.63, 3.8) is 0 Å². The Morgan fingerprint density at radius 1 is 0.711 bits per heavy atom. The summed E-state index contributed by atoms with van der Waals surface area (Å²) in [5.41, 5.74) is 2.00. The number of benzene rings is 4. The van der Waals surface area contributed by atoms with Crippen molar-refractivity contribution in [2.45, 2.75) is 0 Å². The van der Waals surface area contributed by atoms with E-state index in [1.54, 1.807) is 97.1 Å². The molecule has 0 fully saturated rings. The maximum Gasteiger partial charge on any atom is 0.272 e. The van der Waals surface area contributed by atoms with Crippen LogP contribution in [0.25, 0.3) is 12.2 Å². The minimum absolute atomic E-state index is 0.0140. The molecule has 0 radical (unpaired) electrons. The molecule has 0 unspecified atom stereocenters. The summed E-state index contributed by atoms with van der Waals surface area (Å²) >= 11 is 6.26. The van der Waals surface area contributed by atoms with Crippen molar-refractivity contribution in [1.29, 1.82) is 0 Å². The van der Waals surface area contributed by atoms with Crippen molar-refractivity contribution in [2.75, 3.05) is 5.32 Å². The summed E-state index contributed by atoms with van der Waals surface area (Å²) in [4.78, 5) is 38.4. The first-order valence-electron chi connectivity index (χ1n) is 11.6.